The van der Waals surface area contributed by atoms with Gasteiger partial charge in [0.25, 0.3) is 0 Å². The molecule has 2 heteroatoms. The Balaban J connectivity index is 3.80. The summed E-state index contributed by atoms with van der Waals surface area (Å²) in [6.45, 7) is 7.16. The van der Waals surface area contributed by atoms with Crippen LogP contribution in [0.1, 0.15) is 0 Å². The molecular formula is C7H11NS. The fraction of sp³-hybridized carbons (Fsp3) is 0.143. The predicted molar refractivity (Wildman–Crippen MR) is 45.1 cm³/mol. The third kappa shape index (κ3) is 4.06. The van der Waals surface area contributed by atoms with Crippen molar-refractivity contribution in [3.05, 3.63) is 36.3 Å². The molecule has 0 rings (SSSR count). The molecule has 0 heterocycles. The van der Waals surface area contributed by atoms with Gasteiger partial charge < -0.3 is 5.73 Å². The van der Waals surface area contributed by atoms with Gasteiger partial charge >= 0.3 is 0 Å². The molecule has 2 N–H and O–H groups in total. The first-order valence-electron chi connectivity index (χ1n) is 2.63. The average molecular weight is 141 g/mol. The molecule has 50 valence electrons. The van der Waals surface area contributed by atoms with Crippen LogP contribution in [0.4, 0.5) is 0 Å². The van der Waals surface area contributed by atoms with E-state index >= 15 is 0 Å². The van der Waals surface area contributed by atoms with Gasteiger partial charge in [-0.05, 0) is 6.08 Å². The summed E-state index contributed by atoms with van der Waals surface area (Å²) in [5.41, 5.74) is 5.28. The van der Waals surface area contributed by atoms with Crippen molar-refractivity contribution in [2.75, 3.05) is 5.88 Å². The van der Waals surface area contributed by atoms with Crippen LogP contribution >= 0.6 is 11.8 Å². The smallest absolute Gasteiger partial charge is 0.0440 e. The summed E-state index contributed by atoms with van der Waals surface area (Å²) in [4.78, 5) is 1.06. The number of rotatable bonds is 4. The van der Waals surface area contributed by atoms with Crippen molar-refractivity contribution in [3.63, 3.8) is 0 Å². The Morgan fingerprint density at radius 1 is 1.56 bits per heavy atom. The zero-order valence-corrected chi connectivity index (χ0v) is 6.16. The molecule has 0 saturated heterocycles. The molecule has 0 amide bonds. The molecule has 0 radical (unpaired) electrons. The second-order valence-electron chi connectivity index (χ2n) is 1.32. The van der Waals surface area contributed by atoms with Gasteiger partial charge in [-0.25, -0.2) is 0 Å². The lowest BCUT2D eigenvalue weighted by atomic mass is 10.5. The quantitative estimate of drug-likeness (QED) is 0.478. The average Bonchev–Trinajstić information content (AvgIpc) is 1.88. The van der Waals surface area contributed by atoms with Crippen molar-refractivity contribution in [1.82, 2.24) is 0 Å². The van der Waals surface area contributed by atoms with Crippen molar-refractivity contribution >= 4 is 11.8 Å². The van der Waals surface area contributed by atoms with Crippen molar-refractivity contribution < 1.29 is 0 Å². The molecule has 0 aromatic heterocycles. The van der Waals surface area contributed by atoms with Gasteiger partial charge in [-0.2, -0.15) is 0 Å². The van der Waals surface area contributed by atoms with Gasteiger partial charge in [-0.1, -0.05) is 25.3 Å². The Morgan fingerprint density at radius 3 is 2.56 bits per heavy atom. The fourth-order valence-corrected chi connectivity index (χ4v) is 0.890. The molecule has 0 bridgehead atoms. The van der Waals surface area contributed by atoms with Crippen LogP contribution in [-0.4, -0.2) is 5.88 Å². The number of hydrogen-bond donors (Lipinski definition) is 1. The van der Waals surface area contributed by atoms with Gasteiger partial charge in [0.05, 0.1) is 0 Å². The third-order valence-corrected chi connectivity index (χ3v) is 1.54. The van der Waals surface area contributed by atoms with E-state index < -0.39 is 0 Å². The normalized spacial score (nSPS) is 11.0. The SMILES string of the molecule is C=C/C=C(\C=C)SCN. The van der Waals surface area contributed by atoms with Gasteiger partial charge in [0, 0.05) is 10.8 Å². The van der Waals surface area contributed by atoms with Crippen LogP contribution in [0.5, 0.6) is 0 Å². The molecule has 0 saturated carbocycles. The van der Waals surface area contributed by atoms with Crippen molar-refractivity contribution in [3.8, 4) is 0 Å². The molecule has 1 nitrogen and oxygen atoms in total. The Bertz CT molecular complexity index is 127. The van der Waals surface area contributed by atoms with E-state index in [1.165, 1.54) is 0 Å². The Kier molecular flexibility index (Phi) is 5.37. The maximum atomic E-state index is 5.28. The first-order chi connectivity index (χ1) is 4.35. The minimum absolute atomic E-state index is 0.589. The highest BCUT2D eigenvalue weighted by Gasteiger charge is 1.84. The van der Waals surface area contributed by atoms with Crippen molar-refractivity contribution in [2.45, 2.75) is 0 Å². The summed E-state index contributed by atoms with van der Waals surface area (Å²) in [6, 6.07) is 0. The molecule has 0 aliphatic carbocycles. The molecule has 0 aromatic rings. The zero-order valence-electron chi connectivity index (χ0n) is 5.34. The van der Waals surface area contributed by atoms with Gasteiger partial charge in [0.1, 0.15) is 0 Å². The van der Waals surface area contributed by atoms with E-state index in [-0.39, 0.29) is 0 Å². The lowest BCUT2D eigenvalue weighted by Crippen LogP contribution is -1.91. The highest BCUT2D eigenvalue weighted by atomic mass is 32.2. The molecule has 9 heavy (non-hydrogen) atoms. The Hall–Kier alpha value is -0.470. The lowest BCUT2D eigenvalue weighted by Gasteiger charge is -1.93. The lowest BCUT2D eigenvalue weighted by molar-refractivity contribution is 1.40. The van der Waals surface area contributed by atoms with Gasteiger partial charge in [-0.3, -0.25) is 0 Å². The molecule has 0 aliphatic heterocycles. The predicted octanol–water partition coefficient (Wildman–Crippen LogP) is 1.89. The number of thioether (sulfide) groups is 1. The van der Waals surface area contributed by atoms with E-state index in [1.54, 1.807) is 23.9 Å². The van der Waals surface area contributed by atoms with Crippen LogP contribution < -0.4 is 5.73 Å². The van der Waals surface area contributed by atoms with Gasteiger partial charge in [0.2, 0.25) is 0 Å². The molecule has 0 spiro atoms. The maximum Gasteiger partial charge on any atom is 0.0440 e. The zero-order chi connectivity index (χ0) is 7.11. The van der Waals surface area contributed by atoms with Crippen molar-refractivity contribution in [1.29, 1.82) is 0 Å². The van der Waals surface area contributed by atoms with E-state index in [1.807, 2.05) is 6.08 Å². The summed E-state index contributed by atoms with van der Waals surface area (Å²) >= 11 is 1.55. The summed E-state index contributed by atoms with van der Waals surface area (Å²) in [5.74, 6) is 0.589. The minimum Gasteiger partial charge on any atom is -0.322 e. The summed E-state index contributed by atoms with van der Waals surface area (Å²) in [5, 5.41) is 0. The first kappa shape index (κ1) is 8.53. The van der Waals surface area contributed by atoms with Crippen LogP contribution in [0.15, 0.2) is 36.3 Å². The summed E-state index contributed by atoms with van der Waals surface area (Å²) in [7, 11) is 0. The Morgan fingerprint density at radius 2 is 2.22 bits per heavy atom. The monoisotopic (exact) mass is 141 g/mol. The molecule has 0 aliphatic rings. The maximum absolute atomic E-state index is 5.28. The largest absolute Gasteiger partial charge is 0.322 e. The van der Waals surface area contributed by atoms with E-state index in [2.05, 4.69) is 13.2 Å². The topological polar surface area (TPSA) is 26.0 Å². The highest BCUT2D eigenvalue weighted by molar-refractivity contribution is 8.03. The van der Waals surface area contributed by atoms with Crippen LogP contribution in [-0.2, 0) is 0 Å². The number of hydrogen-bond acceptors (Lipinski definition) is 2. The molecule has 0 unspecified atom stereocenters. The van der Waals surface area contributed by atoms with Gasteiger partial charge in [0.15, 0.2) is 0 Å². The molecule has 0 fully saturated rings. The second kappa shape index (κ2) is 5.66. The van der Waals surface area contributed by atoms with Crippen LogP contribution in [0.3, 0.4) is 0 Å². The van der Waals surface area contributed by atoms with E-state index in [9.17, 15) is 0 Å². The fourth-order valence-electron chi connectivity index (χ4n) is 0.387. The standard InChI is InChI=1S/C7H11NS/c1-3-5-7(4-2)9-6-8/h3-5H,1-2,6,8H2/b7-5+. The summed E-state index contributed by atoms with van der Waals surface area (Å²) < 4.78 is 0. The summed E-state index contributed by atoms with van der Waals surface area (Å²) in [6.07, 6.45) is 5.36. The molecule has 0 aromatic carbocycles. The first-order valence-corrected chi connectivity index (χ1v) is 3.61. The number of allylic oxidation sites excluding steroid dienone is 3. The second-order valence-corrected chi connectivity index (χ2v) is 2.41. The van der Waals surface area contributed by atoms with E-state index in [0.29, 0.717) is 5.88 Å². The third-order valence-electron chi connectivity index (χ3n) is 0.733. The number of nitrogens with two attached hydrogens (primary N) is 1. The van der Waals surface area contributed by atoms with Crippen LogP contribution in [0.25, 0.3) is 0 Å². The van der Waals surface area contributed by atoms with Crippen molar-refractivity contribution in [2.24, 2.45) is 5.73 Å². The molecule has 0 atom stereocenters. The van der Waals surface area contributed by atoms with E-state index in [0.717, 1.165) is 4.91 Å². The van der Waals surface area contributed by atoms with Gasteiger partial charge in [-0.15, -0.1) is 11.8 Å². The minimum atomic E-state index is 0.589. The highest BCUT2D eigenvalue weighted by Crippen LogP contribution is 2.13. The van der Waals surface area contributed by atoms with Crippen LogP contribution in [0.2, 0.25) is 0 Å². The van der Waals surface area contributed by atoms with E-state index in [4.69, 9.17) is 5.73 Å². The Labute approximate surface area is 60.3 Å². The van der Waals surface area contributed by atoms with Crippen LogP contribution in [0, 0.1) is 0 Å². The molecular weight excluding hydrogens is 130 g/mol.